The highest BCUT2D eigenvalue weighted by Crippen LogP contribution is 2.39. The predicted octanol–water partition coefficient (Wildman–Crippen LogP) is 4.35. The van der Waals surface area contributed by atoms with Crippen LogP contribution in [-0.4, -0.2) is 56.6 Å². The number of ether oxygens (including phenoxy) is 2. The van der Waals surface area contributed by atoms with Gasteiger partial charge in [0, 0.05) is 49.6 Å². The number of amides is 1. The third-order valence-corrected chi connectivity index (χ3v) is 6.03. The van der Waals surface area contributed by atoms with Crippen LogP contribution in [0.1, 0.15) is 22.5 Å². The highest BCUT2D eigenvalue weighted by Gasteiger charge is 2.36. The average Bonchev–Trinajstić information content (AvgIpc) is 3.51. The molecular weight excluding hydrogens is 475 g/mol. The number of likely N-dealkylation sites (tertiary alicyclic amines) is 1. The van der Waals surface area contributed by atoms with Crippen molar-refractivity contribution in [3.05, 3.63) is 66.5 Å². The van der Waals surface area contributed by atoms with Gasteiger partial charge in [0.1, 0.15) is 23.1 Å². The number of carbonyl (C=O) groups is 1. The van der Waals surface area contributed by atoms with Crippen LogP contribution in [0.3, 0.4) is 0 Å². The number of aryl methyl sites for hydroxylation is 1. The lowest BCUT2D eigenvalue weighted by Crippen LogP contribution is -2.31. The summed E-state index contributed by atoms with van der Waals surface area (Å²) in [4.78, 5) is 26.7. The van der Waals surface area contributed by atoms with Crippen molar-refractivity contribution in [1.29, 1.82) is 0 Å². The Morgan fingerprint density at radius 3 is 2.69 bits per heavy atom. The zero-order valence-electron chi connectivity index (χ0n) is 19.5. The Bertz CT molecular complexity index is 1440. The molecule has 1 atom stereocenters. The first-order valence-corrected chi connectivity index (χ1v) is 11.2. The Morgan fingerprint density at radius 2 is 1.97 bits per heavy atom. The summed E-state index contributed by atoms with van der Waals surface area (Å²) >= 11 is 0. The number of hydrogen-bond donors (Lipinski definition) is 0. The minimum atomic E-state index is -4.62. The number of imidazole rings is 1. The minimum absolute atomic E-state index is 0.154. The SMILES string of the molecule is COc1ncc(-c2ccnc3ccc(OC4CCN(C(=O)c5cn(C)cn5)C4)cc23)cc1C(F)(F)F. The molecule has 8 nitrogen and oxygen atoms in total. The van der Waals surface area contributed by atoms with Crippen LogP contribution in [0.2, 0.25) is 0 Å². The largest absolute Gasteiger partial charge is 0.488 e. The number of alkyl halides is 3. The molecule has 0 radical (unpaired) electrons. The van der Waals surface area contributed by atoms with E-state index in [2.05, 4.69) is 15.0 Å². The number of pyridine rings is 2. The molecule has 1 aliphatic rings. The average molecular weight is 497 g/mol. The van der Waals surface area contributed by atoms with E-state index in [4.69, 9.17) is 9.47 Å². The van der Waals surface area contributed by atoms with E-state index in [1.54, 1.807) is 53.3 Å². The summed E-state index contributed by atoms with van der Waals surface area (Å²) in [5, 5.41) is 0.620. The molecule has 0 bridgehead atoms. The van der Waals surface area contributed by atoms with Gasteiger partial charge in [-0.2, -0.15) is 13.2 Å². The smallest absolute Gasteiger partial charge is 0.421 e. The molecule has 0 aliphatic carbocycles. The summed E-state index contributed by atoms with van der Waals surface area (Å²) in [5.41, 5.74) is 0.835. The molecule has 0 spiro atoms. The van der Waals surface area contributed by atoms with Crippen LogP contribution in [0.5, 0.6) is 11.6 Å². The Balaban J connectivity index is 1.41. The number of fused-ring (bicyclic) bond motifs is 1. The lowest BCUT2D eigenvalue weighted by atomic mass is 10.0. The van der Waals surface area contributed by atoms with Crippen LogP contribution >= 0.6 is 0 Å². The first-order valence-electron chi connectivity index (χ1n) is 11.2. The summed E-state index contributed by atoms with van der Waals surface area (Å²) in [6.07, 6.45) is 1.93. The van der Waals surface area contributed by atoms with E-state index in [-0.39, 0.29) is 17.6 Å². The van der Waals surface area contributed by atoms with Crippen LogP contribution < -0.4 is 9.47 Å². The molecule has 1 unspecified atom stereocenters. The second-order valence-corrected chi connectivity index (χ2v) is 8.52. The molecule has 186 valence electrons. The highest BCUT2D eigenvalue weighted by molar-refractivity contribution is 5.95. The van der Waals surface area contributed by atoms with Crippen molar-refractivity contribution < 1.29 is 27.4 Å². The molecule has 5 rings (SSSR count). The van der Waals surface area contributed by atoms with Crippen molar-refractivity contribution in [1.82, 2.24) is 24.4 Å². The monoisotopic (exact) mass is 497 g/mol. The van der Waals surface area contributed by atoms with Gasteiger partial charge in [0.15, 0.2) is 0 Å². The van der Waals surface area contributed by atoms with Gasteiger partial charge in [-0.05, 0) is 35.9 Å². The van der Waals surface area contributed by atoms with E-state index >= 15 is 0 Å². The zero-order valence-corrected chi connectivity index (χ0v) is 19.5. The minimum Gasteiger partial charge on any atom is -0.488 e. The normalized spacial score (nSPS) is 15.9. The molecule has 1 aliphatic heterocycles. The molecular formula is C25H22F3N5O3. The lowest BCUT2D eigenvalue weighted by molar-refractivity contribution is -0.139. The fourth-order valence-corrected chi connectivity index (χ4v) is 4.30. The number of halogens is 3. The Hall–Kier alpha value is -4.15. The Morgan fingerprint density at radius 1 is 1.14 bits per heavy atom. The molecule has 36 heavy (non-hydrogen) atoms. The first-order chi connectivity index (χ1) is 17.2. The summed E-state index contributed by atoms with van der Waals surface area (Å²) in [7, 11) is 2.95. The predicted molar refractivity (Wildman–Crippen MR) is 125 cm³/mol. The van der Waals surface area contributed by atoms with Crippen molar-refractivity contribution in [2.75, 3.05) is 20.2 Å². The van der Waals surface area contributed by atoms with Gasteiger partial charge >= 0.3 is 6.18 Å². The van der Waals surface area contributed by atoms with Crippen molar-refractivity contribution in [3.63, 3.8) is 0 Å². The maximum atomic E-state index is 13.5. The van der Waals surface area contributed by atoms with Gasteiger partial charge in [0.25, 0.3) is 5.91 Å². The molecule has 4 heterocycles. The van der Waals surface area contributed by atoms with E-state index in [0.29, 0.717) is 47.4 Å². The van der Waals surface area contributed by atoms with Crippen molar-refractivity contribution in [2.24, 2.45) is 7.05 Å². The molecule has 1 saturated heterocycles. The van der Waals surface area contributed by atoms with Gasteiger partial charge in [-0.25, -0.2) is 9.97 Å². The van der Waals surface area contributed by atoms with Crippen LogP contribution in [0, 0.1) is 0 Å². The number of nitrogens with zero attached hydrogens (tertiary/aromatic N) is 5. The molecule has 3 aromatic heterocycles. The number of carbonyl (C=O) groups excluding carboxylic acids is 1. The van der Waals surface area contributed by atoms with Crippen LogP contribution in [-0.2, 0) is 13.2 Å². The van der Waals surface area contributed by atoms with E-state index in [1.807, 2.05) is 0 Å². The molecule has 1 fully saturated rings. The standard InChI is InChI=1S/C25H22F3N5O3/c1-32-13-22(31-14-32)24(34)33-8-6-17(12-33)36-16-3-4-21-19(10-16)18(5-7-29-21)15-9-20(25(26,27)28)23(35-2)30-11-15/h3-5,7,9-11,13-14,17H,6,8,12H2,1-2H3. The molecule has 11 heteroatoms. The van der Waals surface area contributed by atoms with Gasteiger partial charge in [0.05, 0.1) is 25.5 Å². The van der Waals surface area contributed by atoms with E-state index < -0.39 is 17.6 Å². The fraction of sp³-hybridized carbons (Fsp3) is 0.280. The van der Waals surface area contributed by atoms with E-state index in [9.17, 15) is 18.0 Å². The van der Waals surface area contributed by atoms with Crippen molar-refractivity contribution in [3.8, 4) is 22.8 Å². The summed E-state index contributed by atoms with van der Waals surface area (Å²) < 4.78 is 53.3. The van der Waals surface area contributed by atoms with Gasteiger partial charge in [-0.1, -0.05) is 0 Å². The lowest BCUT2D eigenvalue weighted by Gasteiger charge is -2.17. The van der Waals surface area contributed by atoms with Gasteiger partial charge in [-0.15, -0.1) is 0 Å². The van der Waals surface area contributed by atoms with Crippen LogP contribution in [0.15, 0.2) is 55.2 Å². The summed E-state index contributed by atoms with van der Waals surface area (Å²) in [5.74, 6) is -0.106. The van der Waals surface area contributed by atoms with Crippen LogP contribution in [0.25, 0.3) is 22.0 Å². The Labute approximate surface area is 204 Å². The maximum absolute atomic E-state index is 13.5. The number of rotatable bonds is 5. The topological polar surface area (TPSA) is 82.4 Å². The molecule has 0 saturated carbocycles. The zero-order chi connectivity index (χ0) is 25.4. The first kappa shape index (κ1) is 23.6. The number of aromatic nitrogens is 4. The number of benzene rings is 1. The molecule has 1 aromatic carbocycles. The number of hydrogen-bond acceptors (Lipinski definition) is 6. The van der Waals surface area contributed by atoms with E-state index in [0.717, 1.165) is 13.2 Å². The summed E-state index contributed by atoms with van der Waals surface area (Å²) in [6.45, 7) is 0.947. The third-order valence-electron chi connectivity index (χ3n) is 6.03. The number of methoxy groups -OCH3 is 1. The van der Waals surface area contributed by atoms with Crippen molar-refractivity contribution in [2.45, 2.75) is 18.7 Å². The van der Waals surface area contributed by atoms with Crippen molar-refractivity contribution >= 4 is 16.8 Å². The third kappa shape index (κ3) is 4.56. The Kier molecular flexibility index (Phi) is 5.99. The highest BCUT2D eigenvalue weighted by atomic mass is 19.4. The van der Waals surface area contributed by atoms with Gasteiger partial charge in [0.2, 0.25) is 5.88 Å². The second-order valence-electron chi connectivity index (χ2n) is 8.52. The summed E-state index contributed by atoms with van der Waals surface area (Å²) in [6, 6.07) is 7.92. The fourth-order valence-electron chi connectivity index (χ4n) is 4.30. The quantitative estimate of drug-likeness (QED) is 0.408. The molecule has 0 N–H and O–H groups in total. The molecule has 1 amide bonds. The van der Waals surface area contributed by atoms with Gasteiger partial charge in [-0.3, -0.25) is 9.78 Å². The molecule has 4 aromatic rings. The van der Waals surface area contributed by atoms with Crippen LogP contribution in [0.4, 0.5) is 13.2 Å². The van der Waals surface area contributed by atoms with E-state index in [1.165, 1.54) is 12.4 Å². The second kappa shape index (κ2) is 9.14. The van der Waals surface area contributed by atoms with Gasteiger partial charge < -0.3 is 18.9 Å². The maximum Gasteiger partial charge on any atom is 0.421 e.